The summed E-state index contributed by atoms with van der Waals surface area (Å²) in [5.41, 5.74) is -1.77. The van der Waals surface area contributed by atoms with Crippen LogP contribution in [0.5, 0.6) is 0 Å². The lowest BCUT2D eigenvalue weighted by molar-refractivity contribution is -0.165. The Balaban J connectivity index is 3.41. The van der Waals surface area contributed by atoms with Gasteiger partial charge in [0.25, 0.3) is 0 Å². The molecule has 0 aromatic heterocycles. The molecule has 0 heterocycles. The Morgan fingerprint density at radius 2 is 1.90 bits per heavy atom. The van der Waals surface area contributed by atoms with Crippen molar-refractivity contribution in [3.63, 3.8) is 0 Å². The van der Waals surface area contributed by atoms with E-state index >= 15 is 0 Å². The Hall–Kier alpha value is -1.83. The zero-order chi connectivity index (χ0) is 15.2. The molecule has 4 nitrogen and oxygen atoms in total. The first-order chi connectivity index (χ1) is 9.52. The highest BCUT2D eigenvalue weighted by Crippen LogP contribution is 2.29. The van der Waals surface area contributed by atoms with Gasteiger partial charge in [-0.05, 0) is 18.7 Å². The van der Waals surface area contributed by atoms with Crippen molar-refractivity contribution in [2.75, 3.05) is 13.1 Å². The fourth-order valence-corrected chi connectivity index (χ4v) is 2.24. The van der Waals surface area contributed by atoms with Crippen molar-refractivity contribution in [2.24, 2.45) is 0 Å². The van der Waals surface area contributed by atoms with E-state index in [0.29, 0.717) is 18.7 Å². The average Bonchev–Trinajstić information content (AvgIpc) is 2.47. The van der Waals surface area contributed by atoms with Crippen molar-refractivity contribution in [1.29, 1.82) is 0 Å². The summed E-state index contributed by atoms with van der Waals surface area (Å²) in [6.07, 6.45) is 0. The molecule has 0 saturated heterocycles. The summed E-state index contributed by atoms with van der Waals surface area (Å²) in [5.74, 6) is 3.90. The number of hydrogen-bond donors (Lipinski definition) is 2. The van der Waals surface area contributed by atoms with Gasteiger partial charge in [-0.1, -0.05) is 50.1 Å². The summed E-state index contributed by atoms with van der Waals surface area (Å²) in [6.45, 7) is 8.41. The zero-order valence-corrected chi connectivity index (χ0v) is 11.8. The van der Waals surface area contributed by atoms with Gasteiger partial charge in [0, 0.05) is 6.92 Å². The molecule has 0 aliphatic heterocycles. The van der Waals surface area contributed by atoms with Gasteiger partial charge in [-0.2, -0.15) is 0 Å². The third-order valence-corrected chi connectivity index (χ3v) is 3.35. The van der Waals surface area contributed by atoms with Gasteiger partial charge in [0.15, 0.2) is 0 Å². The molecule has 0 fully saturated rings. The maximum Gasteiger partial charge on any atom is 0.343 e. The van der Waals surface area contributed by atoms with E-state index in [1.165, 1.54) is 0 Å². The van der Waals surface area contributed by atoms with Gasteiger partial charge in [0.05, 0.1) is 0 Å². The lowest BCUT2D eigenvalue weighted by Gasteiger charge is -2.36. The van der Waals surface area contributed by atoms with E-state index in [0.717, 1.165) is 0 Å². The third kappa shape index (κ3) is 3.01. The molecule has 0 saturated carbocycles. The molecule has 4 heteroatoms. The minimum Gasteiger partial charge on any atom is -0.479 e. The molecule has 2 N–H and O–H groups in total. The second-order valence-electron chi connectivity index (χ2n) is 4.38. The first-order valence-corrected chi connectivity index (χ1v) is 6.55. The van der Waals surface area contributed by atoms with Crippen LogP contribution in [-0.2, 0) is 10.4 Å². The molecule has 0 bridgehead atoms. The van der Waals surface area contributed by atoms with Crippen LogP contribution in [0.3, 0.4) is 0 Å². The molecule has 20 heavy (non-hydrogen) atoms. The molecule has 1 radical (unpaired) electrons. The normalized spacial score (nSPS) is 15.1. The van der Waals surface area contributed by atoms with E-state index in [4.69, 9.17) is 0 Å². The lowest BCUT2D eigenvalue weighted by atomic mass is 9.85. The van der Waals surface area contributed by atoms with E-state index in [2.05, 4.69) is 18.8 Å². The molecular weight excluding hydrogens is 254 g/mol. The number of aliphatic carboxylic acids is 1. The van der Waals surface area contributed by atoms with Crippen LogP contribution in [0.1, 0.15) is 19.4 Å². The van der Waals surface area contributed by atoms with Gasteiger partial charge in [0.1, 0.15) is 6.04 Å². The predicted molar refractivity (Wildman–Crippen MR) is 77.8 cm³/mol. The second-order valence-corrected chi connectivity index (χ2v) is 4.38. The topological polar surface area (TPSA) is 60.8 Å². The average molecular weight is 274 g/mol. The second kappa shape index (κ2) is 7.09. The predicted octanol–water partition coefficient (Wildman–Crippen LogP) is 1.51. The van der Waals surface area contributed by atoms with Gasteiger partial charge in [0.2, 0.25) is 5.60 Å². The number of benzene rings is 1. The van der Waals surface area contributed by atoms with Crippen LogP contribution in [0.25, 0.3) is 0 Å². The minimum absolute atomic E-state index is 0.312. The number of carboxylic acid groups (broad SMARTS) is 1. The Kier molecular flexibility index (Phi) is 5.75. The maximum absolute atomic E-state index is 11.7. The summed E-state index contributed by atoms with van der Waals surface area (Å²) in [6, 6.07) is 7.49. The summed E-state index contributed by atoms with van der Waals surface area (Å²) >= 11 is 0. The number of carboxylic acids is 1. The zero-order valence-electron chi connectivity index (χ0n) is 11.8. The van der Waals surface area contributed by atoms with Crippen LogP contribution in [0.15, 0.2) is 30.3 Å². The highest BCUT2D eigenvalue weighted by molar-refractivity contribution is 5.81. The fraction of sp³-hybridized carbons (Fsp3) is 0.375. The molecule has 0 spiro atoms. The Bertz CT molecular complexity index is 499. The first kappa shape index (κ1) is 16.2. The summed E-state index contributed by atoms with van der Waals surface area (Å²) in [5, 5.41) is 20.4. The van der Waals surface area contributed by atoms with E-state index in [-0.39, 0.29) is 0 Å². The van der Waals surface area contributed by atoms with Crippen molar-refractivity contribution < 1.29 is 15.0 Å². The molecular formula is C16H20NO3. The van der Waals surface area contributed by atoms with Crippen LogP contribution in [0.2, 0.25) is 0 Å². The number of nitrogens with zero attached hydrogens (tertiary/aromatic N) is 1. The molecule has 107 valence electrons. The number of rotatable bonds is 6. The summed E-state index contributed by atoms with van der Waals surface area (Å²) in [4.78, 5) is 13.5. The van der Waals surface area contributed by atoms with Crippen LogP contribution >= 0.6 is 0 Å². The van der Waals surface area contributed by atoms with E-state index < -0.39 is 17.6 Å². The van der Waals surface area contributed by atoms with Crippen molar-refractivity contribution >= 4 is 5.97 Å². The van der Waals surface area contributed by atoms with Gasteiger partial charge in [-0.3, -0.25) is 4.90 Å². The molecule has 0 aliphatic carbocycles. The molecule has 2 atom stereocenters. The minimum atomic E-state index is -2.09. The van der Waals surface area contributed by atoms with Crippen molar-refractivity contribution in [1.82, 2.24) is 4.90 Å². The number of hydrogen-bond acceptors (Lipinski definition) is 3. The number of carbonyl (C=O) groups is 1. The molecule has 0 aliphatic rings. The lowest BCUT2D eigenvalue weighted by Crippen LogP contribution is -2.54. The van der Waals surface area contributed by atoms with E-state index in [1.54, 1.807) is 35.2 Å². The molecule has 1 aromatic carbocycles. The largest absolute Gasteiger partial charge is 0.479 e. The van der Waals surface area contributed by atoms with Crippen molar-refractivity contribution in [3.8, 4) is 11.8 Å². The molecule has 0 amide bonds. The number of likely N-dealkylation sites (N-methyl/N-ethyl adjacent to an activating group) is 1. The van der Waals surface area contributed by atoms with Crippen molar-refractivity contribution in [2.45, 2.75) is 25.5 Å². The molecule has 1 aromatic rings. The van der Waals surface area contributed by atoms with Crippen LogP contribution in [0.4, 0.5) is 0 Å². The summed E-state index contributed by atoms with van der Waals surface area (Å²) < 4.78 is 0. The quantitative estimate of drug-likeness (QED) is 0.772. The standard InChI is InChI=1S/C16H20NO3/c1-4-10-14(17(5-2)6-3)16(20,15(18)19)13-11-8-7-9-12-13/h7-9,11-12,14,20H,1,5-6H2,2-3H3,(H,18,19). The van der Waals surface area contributed by atoms with E-state index in [9.17, 15) is 15.0 Å². The number of aliphatic hydroxyl groups is 1. The summed E-state index contributed by atoms with van der Waals surface area (Å²) in [7, 11) is 0. The first-order valence-electron chi connectivity index (χ1n) is 6.55. The maximum atomic E-state index is 11.7. The SMILES string of the molecule is [CH2]C#CC(N(CC)CC)C(O)(C(=O)O)c1ccccc1. The highest BCUT2D eigenvalue weighted by Gasteiger charge is 2.47. The third-order valence-electron chi connectivity index (χ3n) is 3.35. The Morgan fingerprint density at radius 3 is 2.30 bits per heavy atom. The van der Waals surface area contributed by atoms with Gasteiger partial charge >= 0.3 is 5.97 Å². The van der Waals surface area contributed by atoms with Crippen molar-refractivity contribution in [3.05, 3.63) is 42.8 Å². The van der Waals surface area contributed by atoms with Crippen LogP contribution in [-0.4, -0.2) is 40.2 Å². The fourth-order valence-electron chi connectivity index (χ4n) is 2.24. The smallest absolute Gasteiger partial charge is 0.343 e. The van der Waals surface area contributed by atoms with Gasteiger partial charge in [-0.15, -0.1) is 5.92 Å². The monoisotopic (exact) mass is 274 g/mol. The highest BCUT2D eigenvalue weighted by atomic mass is 16.4. The van der Waals surface area contributed by atoms with Crippen LogP contribution in [0, 0.1) is 18.8 Å². The Morgan fingerprint density at radius 1 is 1.35 bits per heavy atom. The molecule has 2 unspecified atom stereocenters. The molecule has 1 rings (SSSR count). The van der Waals surface area contributed by atoms with Gasteiger partial charge in [-0.25, -0.2) is 4.79 Å². The van der Waals surface area contributed by atoms with E-state index in [1.807, 2.05) is 13.8 Å². The van der Waals surface area contributed by atoms with Gasteiger partial charge < -0.3 is 10.2 Å². The Labute approximate surface area is 120 Å². The van der Waals surface area contributed by atoms with Crippen LogP contribution < -0.4 is 0 Å².